The molecule has 1 aromatic carbocycles. The molecule has 1 aliphatic rings. The Morgan fingerprint density at radius 1 is 1.45 bits per heavy atom. The second kappa shape index (κ2) is 5.63. The minimum Gasteiger partial charge on any atom is -0.494 e. The molecule has 1 N–H and O–H groups in total. The lowest BCUT2D eigenvalue weighted by Crippen LogP contribution is -2.19. The van der Waals surface area contributed by atoms with Crippen molar-refractivity contribution in [1.29, 1.82) is 0 Å². The molecule has 2 heterocycles. The fourth-order valence-corrected chi connectivity index (χ4v) is 2.78. The van der Waals surface area contributed by atoms with Crippen molar-refractivity contribution in [2.75, 3.05) is 20.2 Å². The molecule has 0 bridgehead atoms. The molecule has 4 nitrogen and oxygen atoms in total. The lowest BCUT2D eigenvalue weighted by Gasteiger charge is -2.16. The highest BCUT2D eigenvalue weighted by Crippen LogP contribution is 2.27. The molecule has 1 atom stereocenters. The second-order valence-electron chi connectivity index (χ2n) is 5.20. The molecule has 20 heavy (non-hydrogen) atoms. The van der Waals surface area contributed by atoms with E-state index in [9.17, 15) is 4.39 Å². The normalized spacial score (nSPS) is 19.4. The summed E-state index contributed by atoms with van der Waals surface area (Å²) in [6.45, 7) is 2.87. The molecule has 0 radical (unpaired) electrons. The van der Waals surface area contributed by atoms with Gasteiger partial charge in [0.25, 0.3) is 0 Å². The van der Waals surface area contributed by atoms with Gasteiger partial charge in [0.1, 0.15) is 0 Å². The van der Waals surface area contributed by atoms with Gasteiger partial charge in [0, 0.05) is 30.9 Å². The van der Waals surface area contributed by atoms with Crippen LogP contribution in [-0.4, -0.2) is 35.3 Å². The van der Waals surface area contributed by atoms with Crippen LogP contribution in [0.5, 0.6) is 5.75 Å². The summed E-state index contributed by atoms with van der Waals surface area (Å²) >= 11 is 0. The Kier molecular flexibility index (Phi) is 3.69. The zero-order chi connectivity index (χ0) is 13.9. The van der Waals surface area contributed by atoms with Gasteiger partial charge in [-0.25, -0.2) is 4.39 Å². The first kappa shape index (κ1) is 13.1. The monoisotopic (exact) mass is 275 g/mol. The van der Waals surface area contributed by atoms with Crippen molar-refractivity contribution < 1.29 is 9.13 Å². The van der Waals surface area contributed by atoms with Gasteiger partial charge in [0.05, 0.1) is 7.11 Å². The Morgan fingerprint density at radius 3 is 3.10 bits per heavy atom. The number of halogens is 1. The largest absolute Gasteiger partial charge is 0.494 e. The molecule has 1 fully saturated rings. The maximum Gasteiger partial charge on any atom is 0.165 e. The van der Waals surface area contributed by atoms with Gasteiger partial charge in [-0.15, -0.1) is 0 Å². The highest BCUT2D eigenvalue weighted by molar-refractivity contribution is 5.30. The van der Waals surface area contributed by atoms with E-state index >= 15 is 0 Å². The highest BCUT2D eigenvalue weighted by atomic mass is 19.1. The van der Waals surface area contributed by atoms with E-state index in [0.717, 1.165) is 31.6 Å². The third-order valence-corrected chi connectivity index (χ3v) is 3.86. The van der Waals surface area contributed by atoms with Crippen LogP contribution in [0.1, 0.15) is 23.6 Å². The van der Waals surface area contributed by atoms with Crippen molar-refractivity contribution in [3.05, 3.63) is 47.5 Å². The summed E-state index contributed by atoms with van der Waals surface area (Å²) in [6, 6.07) is 7.10. The SMILES string of the molecule is COc1cc(CN2CC[C@@H](c3ccn[nH]3)C2)ccc1F. The number of nitrogens with one attached hydrogen (secondary N) is 1. The fourth-order valence-electron chi connectivity index (χ4n) is 2.78. The number of ether oxygens (including phenoxy) is 1. The van der Waals surface area contributed by atoms with Gasteiger partial charge in [-0.2, -0.15) is 5.10 Å². The number of nitrogens with zero attached hydrogens (tertiary/aromatic N) is 2. The van der Waals surface area contributed by atoms with Gasteiger partial charge in [0.15, 0.2) is 11.6 Å². The van der Waals surface area contributed by atoms with Gasteiger partial charge in [-0.3, -0.25) is 10.00 Å². The fraction of sp³-hybridized carbons (Fsp3) is 0.400. The Hall–Kier alpha value is -1.88. The Labute approximate surface area is 117 Å². The molecule has 0 spiro atoms. The maximum absolute atomic E-state index is 13.4. The molecule has 0 aliphatic carbocycles. The van der Waals surface area contributed by atoms with Crippen LogP contribution in [0.25, 0.3) is 0 Å². The molecule has 0 amide bonds. The minimum absolute atomic E-state index is 0.312. The number of hydrogen-bond acceptors (Lipinski definition) is 3. The number of methoxy groups -OCH3 is 1. The number of likely N-dealkylation sites (tertiary alicyclic amines) is 1. The molecule has 1 aliphatic heterocycles. The van der Waals surface area contributed by atoms with E-state index in [1.54, 1.807) is 12.3 Å². The zero-order valence-electron chi connectivity index (χ0n) is 11.5. The number of benzene rings is 1. The Balaban J connectivity index is 1.64. The van der Waals surface area contributed by atoms with Crippen LogP contribution in [0.3, 0.4) is 0 Å². The van der Waals surface area contributed by atoms with Gasteiger partial charge in [0.2, 0.25) is 0 Å². The number of H-pyrrole nitrogens is 1. The standard InChI is InChI=1S/C15H18FN3O/c1-20-15-8-11(2-3-13(15)16)9-19-7-5-12(10-19)14-4-6-17-18-14/h2-4,6,8,12H,5,7,9-10H2,1H3,(H,17,18)/t12-/m1/s1. The van der Waals surface area contributed by atoms with Crippen LogP contribution >= 0.6 is 0 Å². The lowest BCUT2D eigenvalue weighted by molar-refractivity contribution is 0.324. The quantitative estimate of drug-likeness (QED) is 0.932. The van der Waals surface area contributed by atoms with E-state index in [1.165, 1.54) is 18.9 Å². The van der Waals surface area contributed by atoms with E-state index in [0.29, 0.717) is 11.7 Å². The third-order valence-electron chi connectivity index (χ3n) is 3.86. The highest BCUT2D eigenvalue weighted by Gasteiger charge is 2.24. The Bertz CT molecular complexity index is 571. The van der Waals surface area contributed by atoms with Crippen molar-refractivity contribution in [2.45, 2.75) is 18.9 Å². The summed E-state index contributed by atoms with van der Waals surface area (Å²) < 4.78 is 18.4. The summed E-state index contributed by atoms with van der Waals surface area (Å²) in [7, 11) is 1.49. The van der Waals surface area contributed by atoms with Crippen molar-refractivity contribution in [1.82, 2.24) is 15.1 Å². The van der Waals surface area contributed by atoms with Crippen LogP contribution < -0.4 is 4.74 Å². The number of aromatic nitrogens is 2. The molecule has 1 aromatic heterocycles. The average molecular weight is 275 g/mol. The predicted octanol–water partition coefficient (Wildman–Crippen LogP) is 2.55. The van der Waals surface area contributed by atoms with Crippen LogP contribution in [-0.2, 0) is 6.54 Å². The first-order valence-electron chi connectivity index (χ1n) is 6.80. The van der Waals surface area contributed by atoms with Crippen molar-refractivity contribution in [3.8, 4) is 5.75 Å². The zero-order valence-corrected chi connectivity index (χ0v) is 11.5. The van der Waals surface area contributed by atoms with E-state index < -0.39 is 0 Å². The van der Waals surface area contributed by atoms with Crippen molar-refractivity contribution >= 4 is 0 Å². The van der Waals surface area contributed by atoms with Gasteiger partial charge in [-0.05, 0) is 36.7 Å². The van der Waals surface area contributed by atoms with Crippen LogP contribution in [0.2, 0.25) is 0 Å². The molecule has 106 valence electrons. The molecule has 1 saturated heterocycles. The molecule has 0 saturated carbocycles. The van der Waals surface area contributed by atoms with Crippen LogP contribution in [0, 0.1) is 5.82 Å². The van der Waals surface area contributed by atoms with Gasteiger partial charge >= 0.3 is 0 Å². The summed E-state index contributed by atoms with van der Waals surface area (Å²) in [4.78, 5) is 2.37. The average Bonchev–Trinajstić information content (AvgIpc) is 3.11. The first-order chi connectivity index (χ1) is 9.76. The molecule has 5 heteroatoms. The third kappa shape index (κ3) is 2.67. The molecule has 3 rings (SSSR count). The summed E-state index contributed by atoms with van der Waals surface area (Å²) in [5.74, 6) is 0.514. The van der Waals surface area contributed by atoms with E-state index in [4.69, 9.17) is 4.74 Å². The second-order valence-corrected chi connectivity index (χ2v) is 5.20. The Morgan fingerprint density at radius 2 is 2.35 bits per heavy atom. The minimum atomic E-state index is -0.312. The lowest BCUT2D eigenvalue weighted by atomic mass is 10.1. The van der Waals surface area contributed by atoms with Crippen molar-refractivity contribution in [3.63, 3.8) is 0 Å². The number of hydrogen-bond donors (Lipinski definition) is 1. The van der Waals surface area contributed by atoms with Crippen molar-refractivity contribution in [2.24, 2.45) is 0 Å². The van der Waals surface area contributed by atoms with Crippen LogP contribution in [0.15, 0.2) is 30.5 Å². The van der Waals surface area contributed by atoms with Gasteiger partial charge < -0.3 is 4.74 Å². The summed E-state index contributed by atoms with van der Waals surface area (Å²) in [5, 5.41) is 7.05. The van der Waals surface area contributed by atoms with E-state index in [2.05, 4.69) is 15.1 Å². The smallest absolute Gasteiger partial charge is 0.165 e. The maximum atomic E-state index is 13.4. The van der Waals surface area contributed by atoms with E-state index in [1.807, 2.05) is 12.1 Å². The first-order valence-corrected chi connectivity index (χ1v) is 6.80. The summed E-state index contributed by atoms with van der Waals surface area (Å²) in [5.41, 5.74) is 2.28. The van der Waals surface area contributed by atoms with E-state index in [-0.39, 0.29) is 5.82 Å². The molecule has 0 unspecified atom stereocenters. The van der Waals surface area contributed by atoms with Crippen LogP contribution in [0.4, 0.5) is 4.39 Å². The van der Waals surface area contributed by atoms with Gasteiger partial charge in [-0.1, -0.05) is 6.07 Å². The number of aromatic amines is 1. The number of rotatable bonds is 4. The molecule has 2 aromatic rings. The molecular weight excluding hydrogens is 257 g/mol. The topological polar surface area (TPSA) is 41.1 Å². The summed E-state index contributed by atoms with van der Waals surface area (Å²) in [6.07, 6.45) is 2.92. The molecular formula is C15H18FN3O. The predicted molar refractivity (Wildman–Crippen MR) is 74.2 cm³/mol.